The molecule has 1 fully saturated rings. The van der Waals surface area contributed by atoms with Crippen LogP contribution >= 0.6 is 15.9 Å². The summed E-state index contributed by atoms with van der Waals surface area (Å²) in [4.78, 5) is 0. The lowest BCUT2D eigenvalue weighted by Crippen LogP contribution is -2.44. The summed E-state index contributed by atoms with van der Waals surface area (Å²) in [5, 5.41) is 0. The van der Waals surface area contributed by atoms with Crippen LogP contribution in [0.3, 0.4) is 0 Å². The molecule has 88 valence electrons. The van der Waals surface area contributed by atoms with Crippen molar-refractivity contribution in [2.75, 3.05) is 19.8 Å². The standard InChI is InChI=1S/C12H16BrNO2/c13-10-3-1-9(2-4-10)7-11(14)12-8-15-5-6-16-12/h1-4,11-12H,5-8,14H2. The number of ether oxygens (including phenoxy) is 2. The average Bonchev–Trinajstić information content (AvgIpc) is 2.33. The highest BCUT2D eigenvalue weighted by Gasteiger charge is 2.21. The molecule has 1 aliphatic heterocycles. The molecular formula is C12H16BrNO2. The quantitative estimate of drug-likeness (QED) is 0.920. The van der Waals surface area contributed by atoms with Gasteiger partial charge in [0.1, 0.15) is 0 Å². The fraction of sp³-hybridized carbons (Fsp3) is 0.500. The molecule has 1 saturated heterocycles. The second-order valence-electron chi connectivity index (χ2n) is 3.98. The maximum Gasteiger partial charge on any atom is 0.0963 e. The zero-order valence-corrected chi connectivity index (χ0v) is 10.7. The lowest BCUT2D eigenvalue weighted by molar-refractivity contribution is -0.0967. The Balaban J connectivity index is 1.90. The van der Waals surface area contributed by atoms with Gasteiger partial charge < -0.3 is 15.2 Å². The average molecular weight is 286 g/mol. The minimum absolute atomic E-state index is 0.00137. The highest BCUT2D eigenvalue weighted by atomic mass is 79.9. The third-order valence-corrected chi connectivity index (χ3v) is 3.23. The first-order valence-corrected chi connectivity index (χ1v) is 6.24. The summed E-state index contributed by atoms with van der Waals surface area (Å²) < 4.78 is 12.0. The fourth-order valence-corrected chi connectivity index (χ4v) is 2.04. The van der Waals surface area contributed by atoms with Crippen molar-refractivity contribution >= 4 is 15.9 Å². The Morgan fingerprint density at radius 3 is 2.69 bits per heavy atom. The smallest absolute Gasteiger partial charge is 0.0963 e. The van der Waals surface area contributed by atoms with E-state index in [9.17, 15) is 0 Å². The van der Waals surface area contributed by atoms with E-state index >= 15 is 0 Å². The van der Waals surface area contributed by atoms with E-state index in [-0.39, 0.29) is 12.1 Å². The summed E-state index contributed by atoms with van der Waals surface area (Å²) in [6.07, 6.45) is 0.846. The molecule has 0 radical (unpaired) electrons. The van der Waals surface area contributed by atoms with E-state index in [0.717, 1.165) is 10.9 Å². The second-order valence-corrected chi connectivity index (χ2v) is 4.89. The minimum atomic E-state index is 0.00137. The molecule has 0 bridgehead atoms. The van der Waals surface area contributed by atoms with Gasteiger partial charge in [-0.2, -0.15) is 0 Å². The van der Waals surface area contributed by atoms with Gasteiger partial charge in [-0.25, -0.2) is 0 Å². The van der Waals surface area contributed by atoms with Gasteiger partial charge in [-0.15, -0.1) is 0 Å². The molecular weight excluding hydrogens is 270 g/mol. The Morgan fingerprint density at radius 1 is 1.31 bits per heavy atom. The Hall–Kier alpha value is -0.420. The highest BCUT2D eigenvalue weighted by Crippen LogP contribution is 2.14. The van der Waals surface area contributed by atoms with Crippen molar-refractivity contribution in [1.29, 1.82) is 0 Å². The fourth-order valence-electron chi connectivity index (χ4n) is 1.78. The van der Waals surface area contributed by atoms with Gasteiger partial charge in [0.2, 0.25) is 0 Å². The van der Waals surface area contributed by atoms with Crippen molar-refractivity contribution in [1.82, 2.24) is 0 Å². The number of rotatable bonds is 3. The van der Waals surface area contributed by atoms with Crippen molar-refractivity contribution in [3.8, 4) is 0 Å². The van der Waals surface area contributed by atoms with E-state index in [4.69, 9.17) is 15.2 Å². The molecule has 1 aromatic carbocycles. The molecule has 1 heterocycles. The van der Waals surface area contributed by atoms with Crippen LogP contribution in [0, 0.1) is 0 Å². The summed E-state index contributed by atoms with van der Waals surface area (Å²) in [5.41, 5.74) is 7.33. The van der Waals surface area contributed by atoms with E-state index in [1.807, 2.05) is 12.1 Å². The predicted octanol–water partition coefficient (Wildman–Crippen LogP) is 1.73. The van der Waals surface area contributed by atoms with Crippen molar-refractivity contribution in [2.24, 2.45) is 5.73 Å². The summed E-state index contributed by atoms with van der Waals surface area (Å²) in [6.45, 7) is 1.94. The normalized spacial score (nSPS) is 23.0. The van der Waals surface area contributed by atoms with Gasteiger partial charge in [-0.3, -0.25) is 0 Å². The van der Waals surface area contributed by atoms with E-state index in [1.165, 1.54) is 5.56 Å². The molecule has 1 aromatic rings. The monoisotopic (exact) mass is 285 g/mol. The summed E-state index contributed by atoms with van der Waals surface area (Å²) >= 11 is 3.41. The molecule has 2 N–H and O–H groups in total. The van der Waals surface area contributed by atoms with Crippen LogP contribution in [0.15, 0.2) is 28.7 Å². The molecule has 16 heavy (non-hydrogen) atoms. The highest BCUT2D eigenvalue weighted by molar-refractivity contribution is 9.10. The first-order valence-electron chi connectivity index (χ1n) is 5.45. The largest absolute Gasteiger partial charge is 0.376 e. The van der Waals surface area contributed by atoms with Crippen LogP contribution in [0.25, 0.3) is 0 Å². The van der Waals surface area contributed by atoms with Gasteiger partial charge in [0.25, 0.3) is 0 Å². The zero-order chi connectivity index (χ0) is 11.4. The van der Waals surface area contributed by atoms with Crippen LogP contribution in [0.4, 0.5) is 0 Å². The Kier molecular flexibility index (Phi) is 4.35. The molecule has 4 heteroatoms. The van der Waals surface area contributed by atoms with Gasteiger partial charge in [0, 0.05) is 10.5 Å². The van der Waals surface area contributed by atoms with Crippen LogP contribution < -0.4 is 5.73 Å². The summed E-state index contributed by atoms with van der Waals surface area (Å²) in [6, 6.07) is 8.21. The van der Waals surface area contributed by atoms with Crippen LogP contribution in [-0.4, -0.2) is 32.0 Å². The molecule has 2 rings (SSSR count). The second kappa shape index (κ2) is 5.77. The molecule has 0 aliphatic carbocycles. The molecule has 0 amide bonds. The lowest BCUT2D eigenvalue weighted by Gasteiger charge is -2.28. The third kappa shape index (κ3) is 3.28. The predicted molar refractivity (Wildman–Crippen MR) is 66.4 cm³/mol. The van der Waals surface area contributed by atoms with Gasteiger partial charge in [0.15, 0.2) is 0 Å². The maximum absolute atomic E-state index is 6.10. The van der Waals surface area contributed by atoms with Gasteiger partial charge in [-0.1, -0.05) is 28.1 Å². The zero-order valence-electron chi connectivity index (χ0n) is 9.06. The first kappa shape index (κ1) is 12.0. The van der Waals surface area contributed by atoms with Crippen LogP contribution in [0.1, 0.15) is 5.56 Å². The Bertz CT molecular complexity index is 322. The van der Waals surface area contributed by atoms with Gasteiger partial charge in [-0.05, 0) is 24.1 Å². The number of nitrogens with two attached hydrogens (primary N) is 1. The maximum atomic E-state index is 6.10. The first-order chi connectivity index (χ1) is 7.75. The molecule has 0 spiro atoms. The SMILES string of the molecule is NC(Cc1ccc(Br)cc1)C1COCCO1. The van der Waals surface area contributed by atoms with E-state index < -0.39 is 0 Å². The minimum Gasteiger partial charge on any atom is -0.376 e. The van der Waals surface area contributed by atoms with E-state index in [0.29, 0.717) is 19.8 Å². The number of hydrogen-bond donors (Lipinski definition) is 1. The third-order valence-electron chi connectivity index (χ3n) is 2.70. The van der Waals surface area contributed by atoms with Crippen LogP contribution in [0.2, 0.25) is 0 Å². The summed E-state index contributed by atoms with van der Waals surface area (Å²) in [7, 11) is 0. The lowest BCUT2D eigenvalue weighted by atomic mass is 10.0. The Morgan fingerprint density at radius 2 is 2.06 bits per heavy atom. The van der Waals surface area contributed by atoms with Gasteiger partial charge in [0.05, 0.1) is 25.9 Å². The summed E-state index contributed by atoms with van der Waals surface area (Å²) in [5.74, 6) is 0. The topological polar surface area (TPSA) is 44.5 Å². The number of benzene rings is 1. The van der Waals surface area contributed by atoms with Crippen molar-refractivity contribution < 1.29 is 9.47 Å². The number of hydrogen-bond acceptors (Lipinski definition) is 3. The molecule has 1 aliphatic rings. The molecule has 3 nitrogen and oxygen atoms in total. The number of halogens is 1. The van der Waals surface area contributed by atoms with Crippen molar-refractivity contribution in [2.45, 2.75) is 18.6 Å². The van der Waals surface area contributed by atoms with Crippen molar-refractivity contribution in [3.63, 3.8) is 0 Å². The molecule has 0 aromatic heterocycles. The van der Waals surface area contributed by atoms with Crippen LogP contribution in [0.5, 0.6) is 0 Å². The molecule has 2 atom stereocenters. The van der Waals surface area contributed by atoms with Crippen molar-refractivity contribution in [3.05, 3.63) is 34.3 Å². The molecule has 2 unspecified atom stereocenters. The van der Waals surface area contributed by atoms with Gasteiger partial charge >= 0.3 is 0 Å². The van der Waals surface area contributed by atoms with Crippen LogP contribution in [-0.2, 0) is 15.9 Å². The molecule has 0 saturated carbocycles. The van der Waals surface area contributed by atoms with E-state index in [2.05, 4.69) is 28.1 Å². The van der Waals surface area contributed by atoms with E-state index in [1.54, 1.807) is 0 Å². The Labute approximate surface area is 104 Å².